The predicted molar refractivity (Wildman–Crippen MR) is 108 cm³/mol. The standard InChI is InChI=1S/C17H32N4O2.HI/c1-3-23-10-8-17(6-7-17)13-20-16(19-2)21-9-4-5-14(12-21)11-15(18)22;/h14H,3-13H2,1-2H3,(H2,18,22)(H,19,20);1H. The molecule has 1 unspecified atom stereocenters. The molecule has 0 radical (unpaired) electrons. The number of nitrogens with zero attached hydrogens (tertiary/aromatic N) is 2. The molecule has 2 aliphatic rings. The number of aliphatic imine (C=N–C) groups is 1. The molecule has 6 nitrogen and oxygen atoms in total. The SMILES string of the molecule is CCOCCC1(CNC(=NC)N2CCCC(CC(N)=O)C2)CC1.I. The number of ether oxygens (including phenoxy) is 1. The molecule has 3 N–H and O–H groups in total. The van der Waals surface area contributed by atoms with E-state index in [9.17, 15) is 4.79 Å². The van der Waals surface area contributed by atoms with E-state index in [1.54, 1.807) is 0 Å². The van der Waals surface area contributed by atoms with Gasteiger partial charge in [0.2, 0.25) is 5.91 Å². The van der Waals surface area contributed by atoms with Crippen LogP contribution in [0.1, 0.15) is 45.4 Å². The molecule has 1 saturated carbocycles. The van der Waals surface area contributed by atoms with Crippen LogP contribution in [-0.4, -0.2) is 56.7 Å². The van der Waals surface area contributed by atoms with E-state index >= 15 is 0 Å². The Morgan fingerprint density at radius 1 is 1.46 bits per heavy atom. The molecule has 2 fully saturated rings. The zero-order valence-electron chi connectivity index (χ0n) is 15.1. The number of halogens is 1. The number of nitrogens with one attached hydrogen (secondary N) is 1. The highest BCUT2D eigenvalue weighted by Gasteiger charge is 2.42. The lowest BCUT2D eigenvalue weighted by atomic mass is 9.95. The highest BCUT2D eigenvalue weighted by Crippen LogP contribution is 2.48. The fourth-order valence-corrected chi connectivity index (χ4v) is 3.43. The molecule has 0 aromatic rings. The Bertz CT molecular complexity index is 427. The molecule has 1 aliphatic carbocycles. The summed E-state index contributed by atoms with van der Waals surface area (Å²) in [5.74, 6) is 1.11. The van der Waals surface area contributed by atoms with E-state index in [1.165, 1.54) is 12.8 Å². The van der Waals surface area contributed by atoms with Crippen LogP contribution in [0.4, 0.5) is 0 Å². The Morgan fingerprint density at radius 3 is 2.79 bits per heavy atom. The quantitative estimate of drug-likeness (QED) is 0.256. The monoisotopic (exact) mass is 452 g/mol. The molecule has 140 valence electrons. The van der Waals surface area contributed by atoms with Crippen molar-refractivity contribution in [2.75, 3.05) is 39.9 Å². The van der Waals surface area contributed by atoms with Gasteiger partial charge in [-0.2, -0.15) is 0 Å². The topological polar surface area (TPSA) is 79.9 Å². The van der Waals surface area contributed by atoms with Crippen LogP contribution in [-0.2, 0) is 9.53 Å². The van der Waals surface area contributed by atoms with Gasteiger partial charge in [0.15, 0.2) is 5.96 Å². The number of hydrogen-bond acceptors (Lipinski definition) is 3. The van der Waals surface area contributed by atoms with E-state index in [0.717, 1.165) is 58.1 Å². The van der Waals surface area contributed by atoms with Crippen molar-refractivity contribution in [3.63, 3.8) is 0 Å². The summed E-state index contributed by atoms with van der Waals surface area (Å²) in [6.07, 6.45) is 6.31. The first kappa shape index (κ1) is 21.5. The van der Waals surface area contributed by atoms with Crippen molar-refractivity contribution in [2.24, 2.45) is 22.1 Å². The van der Waals surface area contributed by atoms with Crippen molar-refractivity contribution in [3.05, 3.63) is 0 Å². The Hall–Kier alpha value is -0.570. The van der Waals surface area contributed by atoms with Gasteiger partial charge >= 0.3 is 0 Å². The first-order valence-corrected chi connectivity index (χ1v) is 8.90. The van der Waals surface area contributed by atoms with Gasteiger partial charge < -0.3 is 20.7 Å². The third-order valence-electron chi connectivity index (χ3n) is 5.08. The van der Waals surface area contributed by atoms with Crippen LogP contribution < -0.4 is 11.1 Å². The van der Waals surface area contributed by atoms with Gasteiger partial charge in [0, 0.05) is 46.3 Å². The van der Waals surface area contributed by atoms with Crippen LogP contribution in [0.25, 0.3) is 0 Å². The first-order valence-electron chi connectivity index (χ1n) is 8.90. The average Bonchev–Trinajstić information content (AvgIpc) is 3.28. The number of likely N-dealkylation sites (tertiary alicyclic amines) is 1. The van der Waals surface area contributed by atoms with E-state index in [0.29, 0.717) is 17.8 Å². The van der Waals surface area contributed by atoms with Gasteiger partial charge in [-0.25, -0.2) is 0 Å². The van der Waals surface area contributed by atoms with Crippen LogP contribution >= 0.6 is 24.0 Å². The van der Waals surface area contributed by atoms with Crippen molar-refractivity contribution in [2.45, 2.75) is 45.4 Å². The molecule has 0 aromatic carbocycles. The van der Waals surface area contributed by atoms with Crippen LogP contribution in [0, 0.1) is 11.3 Å². The predicted octanol–water partition coefficient (Wildman–Crippen LogP) is 1.97. The number of hydrogen-bond donors (Lipinski definition) is 2. The van der Waals surface area contributed by atoms with Gasteiger partial charge in [-0.1, -0.05) is 0 Å². The number of carbonyl (C=O) groups excluding carboxylic acids is 1. The number of guanidine groups is 1. The van der Waals surface area contributed by atoms with Crippen LogP contribution in [0.3, 0.4) is 0 Å². The summed E-state index contributed by atoms with van der Waals surface area (Å²) in [4.78, 5) is 17.9. The maximum Gasteiger partial charge on any atom is 0.217 e. The number of amides is 1. The minimum Gasteiger partial charge on any atom is -0.382 e. The van der Waals surface area contributed by atoms with Crippen LogP contribution in [0.15, 0.2) is 4.99 Å². The zero-order chi connectivity index (χ0) is 16.7. The second kappa shape index (κ2) is 10.4. The normalized spacial score (nSPS) is 22.7. The number of primary amides is 1. The molecule has 1 saturated heterocycles. The van der Waals surface area contributed by atoms with E-state index in [1.807, 2.05) is 14.0 Å². The molecular formula is C17H33IN4O2. The van der Waals surface area contributed by atoms with E-state index in [2.05, 4.69) is 15.2 Å². The Kier molecular flexibility index (Phi) is 9.33. The second-order valence-corrected chi connectivity index (χ2v) is 6.97. The minimum atomic E-state index is -0.201. The van der Waals surface area contributed by atoms with E-state index in [4.69, 9.17) is 10.5 Å². The van der Waals surface area contributed by atoms with Gasteiger partial charge in [-0.05, 0) is 50.4 Å². The summed E-state index contributed by atoms with van der Waals surface area (Å²) < 4.78 is 5.50. The Labute approximate surface area is 163 Å². The van der Waals surface area contributed by atoms with Crippen LogP contribution in [0.2, 0.25) is 0 Å². The highest BCUT2D eigenvalue weighted by molar-refractivity contribution is 14.0. The van der Waals surface area contributed by atoms with Gasteiger partial charge in [0.05, 0.1) is 0 Å². The van der Waals surface area contributed by atoms with Crippen molar-refractivity contribution in [3.8, 4) is 0 Å². The fourth-order valence-electron chi connectivity index (χ4n) is 3.43. The molecular weight excluding hydrogens is 419 g/mol. The molecule has 7 heteroatoms. The summed E-state index contributed by atoms with van der Waals surface area (Å²) in [7, 11) is 1.83. The number of piperidine rings is 1. The highest BCUT2D eigenvalue weighted by atomic mass is 127. The molecule has 1 aliphatic heterocycles. The van der Waals surface area contributed by atoms with Crippen molar-refractivity contribution in [1.82, 2.24) is 10.2 Å². The molecule has 1 amide bonds. The summed E-state index contributed by atoms with van der Waals surface area (Å²) in [6.45, 7) is 6.51. The third kappa shape index (κ3) is 6.74. The lowest BCUT2D eigenvalue weighted by Crippen LogP contribution is -2.48. The molecule has 0 spiro atoms. The Morgan fingerprint density at radius 2 is 2.21 bits per heavy atom. The average molecular weight is 452 g/mol. The summed E-state index contributed by atoms with van der Waals surface area (Å²) in [5.41, 5.74) is 5.74. The molecule has 24 heavy (non-hydrogen) atoms. The van der Waals surface area contributed by atoms with Crippen molar-refractivity contribution in [1.29, 1.82) is 0 Å². The molecule has 1 heterocycles. The molecule has 2 rings (SSSR count). The maximum atomic E-state index is 11.2. The summed E-state index contributed by atoms with van der Waals surface area (Å²) >= 11 is 0. The van der Waals surface area contributed by atoms with Crippen molar-refractivity contribution >= 4 is 35.8 Å². The number of carbonyl (C=O) groups is 1. The Balaban J connectivity index is 0.00000288. The number of rotatable bonds is 8. The van der Waals surface area contributed by atoms with E-state index in [-0.39, 0.29) is 29.9 Å². The molecule has 0 aromatic heterocycles. The van der Waals surface area contributed by atoms with Gasteiger partial charge in [0.1, 0.15) is 0 Å². The summed E-state index contributed by atoms with van der Waals surface area (Å²) in [5, 5.41) is 3.55. The maximum absolute atomic E-state index is 11.2. The van der Waals surface area contributed by atoms with Crippen molar-refractivity contribution < 1.29 is 9.53 Å². The van der Waals surface area contributed by atoms with Gasteiger partial charge in [-0.15, -0.1) is 24.0 Å². The third-order valence-corrected chi connectivity index (χ3v) is 5.08. The lowest BCUT2D eigenvalue weighted by molar-refractivity contribution is -0.119. The van der Waals surface area contributed by atoms with E-state index < -0.39 is 0 Å². The zero-order valence-corrected chi connectivity index (χ0v) is 17.4. The van der Waals surface area contributed by atoms with Crippen LogP contribution in [0.5, 0.6) is 0 Å². The largest absolute Gasteiger partial charge is 0.382 e. The minimum absolute atomic E-state index is 0. The molecule has 0 bridgehead atoms. The van der Waals surface area contributed by atoms with Gasteiger partial charge in [-0.3, -0.25) is 9.79 Å². The second-order valence-electron chi connectivity index (χ2n) is 6.97. The number of nitrogens with two attached hydrogens (primary N) is 1. The smallest absolute Gasteiger partial charge is 0.217 e. The first-order chi connectivity index (χ1) is 11.1. The lowest BCUT2D eigenvalue weighted by Gasteiger charge is -2.35. The fraction of sp³-hybridized carbons (Fsp3) is 0.882. The van der Waals surface area contributed by atoms with Gasteiger partial charge in [0.25, 0.3) is 0 Å². The summed E-state index contributed by atoms with van der Waals surface area (Å²) in [6, 6.07) is 0. The molecule has 1 atom stereocenters.